The van der Waals surface area contributed by atoms with Crippen LogP contribution in [-0.4, -0.2) is 37.2 Å². The Hall–Kier alpha value is -4.71. The fourth-order valence-corrected chi connectivity index (χ4v) is 8.18. The molecular formula is C71H114O6. The number of hydrogen-bond donors (Lipinski definition) is 0. The predicted octanol–water partition coefficient (Wildman–Crippen LogP) is 21.5. The molecule has 0 aliphatic rings. The molecule has 0 aromatic rings. The maximum absolute atomic E-state index is 12.9. The molecule has 0 aromatic heterocycles. The van der Waals surface area contributed by atoms with Crippen LogP contribution in [0.2, 0.25) is 0 Å². The van der Waals surface area contributed by atoms with Crippen molar-refractivity contribution in [2.24, 2.45) is 0 Å². The summed E-state index contributed by atoms with van der Waals surface area (Å²) in [7, 11) is 0. The molecule has 6 nitrogen and oxygen atoms in total. The van der Waals surface area contributed by atoms with Gasteiger partial charge in [0.1, 0.15) is 13.2 Å². The first-order chi connectivity index (χ1) is 38.0. The van der Waals surface area contributed by atoms with Crippen LogP contribution in [0.5, 0.6) is 0 Å². The molecule has 0 radical (unpaired) electrons. The van der Waals surface area contributed by atoms with Crippen molar-refractivity contribution in [2.45, 2.75) is 271 Å². The number of allylic oxidation sites excluding steroid dienone is 24. The van der Waals surface area contributed by atoms with Gasteiger partial charge >= 0.3 is 17.9 Å². The van der Waals surface area contributed by atoms with Gasteiger partial charge < -0.3 is 14.2 Å². The van der Waals surface area contributed by atoms with Crippen molar-refractivity contribution in [1.82, 2.24) is 0 Å². The third-order valence-electron chi connectivity index (χ3n) is 12.8. The Morgan fingerprint density at radius 1 is 0.273 bits per heavy atom. The third kappa shape index (κ3) is 62.0. The number of rotatable bonds is 55. The Kier molecular flexibility index (Phi) is 59.9. The van der Waals surface area contributed by atoms with Gasteiger partial charge in [0.25, 0.3) is 0 Å². The molecule has 1 atom stereocenters. The van der Waals surface area contributed by atoms with Crippen molar-refractivity contribution >= 4 is 17.9 Å². The minimum absolute atomic E-state index is 0.0980. The van der Waals surface area contributed by atoms with Gasteiger partial charge in [-0.15, -0.1) is 0 Å². The van der Waals surface area contributed by atoms with Crippen molar-refractivity contribution in [1.29, 1.82) is 0 Å². The first-order valence-electron chi connectivity index (χ1n) is 31.3. The van der Waals surface area contributed by atoms with E-state index in [-0.39, 0.29) is 31.1 Å². The number of hydrogen-bond acceptors (Lipinski definition) is 6. The topological polar surface area (TPSA) is 78.9 Å². The molecule has 0 rings (SSSR count). The smallest absolute Gasteiger partial charge is 0.306 e. The Morgan fingerprint density at radius 3 is 0.792 bits per heavy atom. The Bertz CT molecular complexity index is 1700. The van der Waals surface area contributed by atoms with Crippen molar-refractivity contribution in [3.63, 3.8) is 0 Å². The molecule has 0 aliphatic carbocycles. The van der Waals surface area contributed by atoms with Crippen LogP contribution in [0, 0.1) is 0 Å². The average Bonchev–Trinajstić information content (AvgIpc) is 3.43. The van der Waals surface area contributed by atoms with E-state index in [0.717, 1.165) is 173 Å². The van der Waals surface area contributed by atoms with E-state index in [9.17, 15) is 14.4 Å². The summed E-state index contributed by atoms with van der Waals surface area (Å²) >= 11 is 0. The summed E-state index contributed by atoms with van der Waals surface area (Å²) in [5, 5.41) is 0. The summed E-state index contributed by atoms with van der Waals surface area (Å²) in [5.41, 5.74) is 0. The molecule has 1 unspecified atom stereocenters. The molecule has 77 heavy (non-hydrogen) atoms. The summed E-state index contributed by atoms with van der Waals surface area (Å²) in [6, 6.07) is 0. The zero-order valence-electron chi connectivity index (χ0n) is 49.7. The van der Waals surface area contributed by atoms with E-state index < -0.39 is 6.10 Å². The average molecular weight is 1060 g/mol. The van der Waals surface area contributed by atoms with Gasteiger partial charge in [0, 0.05) is 19.3 Å². The zero-order valence-corrected chi connectivity index (χ0v) is 49.7. The van der Waals surface area contributed by atoms with Gasteiger partial charge in [0.05, 0.1) is 0 Å². The van der Waals surface area contributed by atoms with Crippen LogP contribution in [0.15, 0.2) is 146 Å². The van der Waals surface area contributed by atoms with Crippen LogP contribution >= 0.6 is 0 Å². The van der Waals surface area contributed by atoms with Crippen molar-refractivity contribution in [3.05, 3.63) is 146 Å². The minimum atomic E-state index is -0.802. The highest BCUT2D eigenvalue weighted by atomic mass is 16.6. The summed E-state index contributed by atoms with van der Waals surface area (Å²) < 4.78 is 16.9. The number of carbonyl (C=O) groups is 3. The molecule has 434 valence electrons. The van der Waals surface area contributed by atoms with E-state index in [1.165, 1.54) is 51.4 Å². The quantitative estimate of drug-likeness (QED) is 0.0261. The fourth-order valence-electron chi connectivity index (χ4n) is 8.18. The van der Waals surface area contributed by atoms with E-state index in [2.05, 4.69) is 167 Å². The SMILES string of the molecule is CC/C=C\C/C=C\C/C=C\C/C=C\C/C=C\C/C=C\CCCCCCCCCCC(=O)OCC(COC(=O)CCCCCCC/C=C\C/C=C\CCC)OC(=O)CCCCCCCC/C=C\C/C=C\C/C=C\C/C=C\CC. The van der Waals surface area contributed by atoms with Gasteiger partial charge in [-0.05, 0) is 135 Å². The van der Waals surface area contributed by atoms with Crippen LogP contribution in [0.4, 0.5) is 0 Å². The largest absolute Gasteiger partial charge is 0.462 e. The Morgan fingerprint density at radius 2 is 0.506 bits per heavy atom. The third-order valence-corrected chi connectivity index (χ3v) is 12.8. The molecule has 6 heteroatoms. The molecular weight excluding hydrogens is 949 g/mol. The van der Waals surface area contributed by atoms with Crippen LogP contribution in [0.1, 0.15) is 265 Å². The Labute approximate surface area is 474 Å². The van der Waals surface area contributed by atoms with Crippen LogP contribution in [-0.2, 0) is 28.6 Å². The lowest BCUT2D eigenvalue weighted by Gasteiger charge is -2.18. The molecule has 0 heterocycles. The second-order valence-corrected chi connectivity index (χ2v) is 20.2. The van der Waals surface area contributed by atoms with Crippen molar-refractivity contribution < 1.29 is 28.6 Å². The minimum Gasteiger partial charge on any atom is -0.462 e. The number of ether oxygens (including phenoxy) is 3. The van der Waals surface area contributed by atoms with Crippen LogP contribution < -0.4 is 0 Å². The standard InChI is InChI=1S/C71H114O6/c1-4-7-10-13-16-19-22-25-27-29-31-32-33-34-35-36-37-38-40-41-43-46-49-52-55-58-61-64-70(73)76-67-68(66-75-69(72)63-60-57-54-51-48-45-24-21-18-15-12-9-6-3)77-71(74)65-62-59-56-53-50-47-44-42-39-30-28-26-23-20-17-14-11-8-5-2/h7-8,10-12,15-17,19-21,24-28,31-32,34-35,37-39,42,68H,4-6,9,13-14,18,22-23,29-30,33,36,40-41,43-67H2,1-3H3/b10-7-,11-8-,15-12-,19-16-,20-17-,24-21-,27-25-,28-26-,32-31-,35-34-,38-37-,42-39-. The normalized spacial score (nSPS) is 13.1. The van der Waals surface area contributed by atoms with Gasteiger partial charge in [-0.1, -0.05) is 256 Å². The Balaban J connectivity index is 4.39. The second-order valence-electron chi connectivity index (χ2n) is 20.2. The van der Waals surface area contributed by atoms with E-state index >= 15 is 0 Å². The first kappa shape index (κ1) is 72.3. The number of carbonyl (C=O) groups excluding carboxylic acids is 3. The summed E-state index contributed by atoms with van der Waals surface area (Å²) in [5.74, 6) is -0.936. The summed E-state index contributed by atoms with van der Waals surface area (Å²) in [6.45, 7) is 6.32. The molecule has 0 saturated heterocycles. The highest BCUT2D eigenvalue weighted by Crippen LogP contribution is 2.14. The van der Waals surface area contributed by atoms with Crippen LogP contribution in [0.25, 0.3) is 0 Å². The number of esters is 3. The molecule has 0 fully saturated rings. The lowest BCUT2D eigenvalue weighted by molar-refractivity contribution is -0.167. The zero-order chi connectivity index (χ0) is 55.7. The highest BCUT2D eigenvalue weighted by molar-refractivity contribution is 5.71. The maximum atomic E-state index is 12.9. The summed E-state index contributed by atoms with van der Waals surface area (Å²) in [4.78, 5) is 38.3. The number of unbranched alkanes of at least 4 members (excludes halogenated alkanes) is 20. The van der Waals surface area contributed by atoms with Gasteiger partial charge in [0.15, 0.2) is 6.10 Å². The van der Waals surface area contributed by atoms with Crippen molar-refractivity contribution in [2.75, 3.05) is 13.2 Å². The van der Waals surface area contributed by atoms with Gasteiger partial charge in [-0.25, -0.2) is 0 Å². The lowest BCUT2D eigenvalue weighted by atomic mass is 10.1. The summed E-state index contributed by atoms with van der Waals surface area (Å²) in [6.07, 6.45) is 91.3. The predicted molar refractivity (Wildman–Crippen MR) is 334 cm³/mol. The highest BCUT2D eigenvalue weighted by Gasteiger charge is 2.19. The van der Waals surface area contributed by atoms with Gasteiger partial charge in [-0.2, -0.15) is 0 Å². The van der Waals surface area contributed by atoms with Crippen LogP contribution in [0.3, 0.4) is 0 Å². The molecule has 0 amide bonds. The molecule has 0 saturated carbocycles. The maximum Gasteiger partial charge on any atom is 0.306 e. The van der Waals surface area contributed by atoms with E-state index in [1.54, 1.807) is 0 Å². The molecule has 0 spiro atoms. The van der Waals surface area contributed by atoms with Gasteiger partial charge in [-0.3, -0.25) is 14.4 Å². The van der Waals surface area contributed by atoms with E-state index in [4.69, 9.17) is 14.2 Å². The lowest BCUT2D eigenvalue weighted by Crippen LogP contribution is -2.30. The fraction of sp³-hybridized carbons (Fsp3) is 0.620. The monoisotopic (exact) mass is 1060 g/mol. The van der Waals surface area contributed by atoms with E-state index in [0.29, 0.717) is 19.3 Å². The molecule has 0 aliphatic heterocycles. The molecule has 0 aromatic carbocycles. The second kappa shape index (κ2) is 63.8. The van der Waals surface area contributed by atoms with E-state index in [1.807, 2.05) is 0 Å². The van der Waals surface area contributed by atoms with Crippen molar-refractivity contribution in [3.8, 4) is 0 Å². The van der Waals surface area contributed by atoms with Gasteiger partial charge in [0.2, 0.25) is 0 Å². The molecule has 0 N–H and O–H groups in total. The first-order valence-corrected chi connectivity index (χ1v) is 31.3. The molecule has 0 bridgehead atoms.